The quantitative estimate of drug-likeness (QED) is 0.483. The van der Waals surface area contributed by atoms with Crippen LogP contribution in [-0.4, -0.2) is 0 Å². The van der Waals surface area contributed by atoms with Crippen LogP contribution in [0.3, 0.4) is 0 Å². The Balaban J connectivity index is 1.55. The lowest BCUT2D eigenvalue weighted by Crippen LogP contribution is -2.26. The van der Waals surface area contributed by atoms with Crippen molar-refractivity contribution in [3.8, 4) is 17.6 Å². The van der Waals surface area contributed by atoms with Crippen molar-refractivity contribution in [2.45, 2.75) is 12.5 Å². The van der Waals surface area contributed by atoms with Crippen molar-refractivity contribution >= 4 is 11.0 Å². The summed E-state index contributed by atoms with van der Waals surface area (Å²) in [5.74, 6) is 0.270. The average molecular weight is 422 g/mol. The zero-order valence-electron chi connectivity index (χ0n) is 16.9. The summed E-state index contributed by atoms with van der Waals surface area (Å²) in [5.41, 5.74) is 8.12. The highest BCUT2D eigenvalue weighted by Crippen LogP contribution is 2.43. The van der Waals surface area contributed by atoms with Crippen molar-refractivity contribution in [1.82, 2.24) is 0 Å². The summed E-state index contributed by atoms with van der Waals surface area (Å²) >= 11 is 0. The second-order valence-electron chi connectivity index (χ2n) is 7.40. The zero-order valence-corrected chi connectivity index (χ0v) is 16.9. The standard InChI is InChI=1S/C26H18N2O4/c27-14-20-22(17-10-12-18(13-11-17)30-15-16-6-2-1-3-7-16)23-24(32-25(20)28)19-8-4-5-9-21(19)31-26(23)29/h1-13,22H,15,28H2. The number of para-hydroxylation sites is 1. The van der Waals surface area contributed by atoms with E-state index in [0.29, 0.717) is 34.6 Å². The molecule has 0 saturated heterocycles. The third-order valence-corrected chi connectivity index (χ3v) is 5.44. The van der Waals surface area contributed by atoms with Gasteiger partial charge in [-0.25, -0.2) is 4.79 Å². The lowest BCUT2D eigenvalue weighted by molar-refractivity contribution is 0.306. The van der Waals surface area contributed by atoms with E-state index in [1.807, 2.05) is 48.5 Å². The van der Waals surface area contributed by atoms with Crippen LogP contribution < -0.4 is 20.8 Å². The molecule has 5 rings (SSSR count). The van der Waals surface area contributed by atoms with Crippen molar-refractivity contribution in [1.29, 1.82) is 5.26 Å². The predicted molar refractivity (Wildman–Crippen MR) is 119 cm³/mol. The van der Waals surface area contributed by atoms with Gasteiger partial charge in [0.25, 0.3) is 0 Å². The molecule has 0 spiro atoms. The fourth-order valence-corrected chi connectivity index (χ4v) is 3.90. The number of rotatable bonds is 4. The molecule has 0 amide bonds. The summed E-state index contributed by atoms with van der Waals surface area (Å²) in [5, 5.41) is 10.4. The molecular formula is C26H18N2O4. The van der Waals surface area contributed by atoms with Gasteiger partial charge in [0.1, 0.15) is 29.6 Å². The van der Waals surface area contributed by atoms with Crippen molar-refractivity contribution in [2.75, 3.05) is 0 Å². The number of benzene rings is 3. The predicted octanol–water partition coefficient (Wildman–Crippen LogP) is 4.59. The largest absolute Gasteiger partial charge is 0.489 e. The van der Waals surface area contributed by atoms with E-state index in [0.717, 1.165) is 5.56 Å². The maximum atomic E-state index is 12.9. The fraction of sp³-hybridized carbons (Fsp3) is 0.0769. The lowest BCUT2D eigenvalue weighted by atomic mass is 9.84. The second-order valence-corrected chi connectivity index (χ2v) is 7.40. The van der Waals surface area contributed by atoms with Crippen LogP contribution in [-0.2, 0) is 6.61 Å². The monoisotopic (exact) mass is 422 g/mol. The molecule has 4 aromatic rings. The summed E-state index contributed by atoms with van der Waals surface area (Å²) in [6.07, 6.45) is 0. The fourth-order valence-electron chi connectivity index (χ4n) is 3.90. The van der Waals surface area contributed by atoms with Crippen LogP contribution in [0.4, 0.5) is 0 Å². The number of nitrogens with two attached hydrogens (primary N) is 1. The van der Waals surface area contributed by atoms with Gasteiger partial charge in [0.05, 0.1) is 16.9 Å². The summed E-state index contributed by atoms with van der Waals surface area (Å²) in [6, 6.07) is 26.3. The molecule has 1 aliphatic heterocycles. The Morgan fingerprint density at radius 1 is 0.969 bits per heavy atom. The summed E-state index contributed by atoms with van der Waals surface area (Å²) in [4.78, 5) is 12.9. The molecule has 6 nitrogen and oxygen atoms in total. The third-order valence-electron chi connectivity index (χ3n) is 5.44. The number of nitriles is 1. The molecule has 1 aliphatic rings. The Morgan fingerprint density at radius 3 is 2.44 bits per heavy atom. The third kappa shape index (κ3) is 3.36. The average Bonchev–Trinajstić information content (AvgIpc) is 2.83. The molecule has 1 atom stereocenters. The van der Waals surface area contributed by atoms with Crippen LogP contribution in [0.1, 0.15) is 22.6 Å². The minimum absolute atomic E-state index is 0.0230. The van der Waals surface area contributed by atoms with Crippen molar-refractivity contribution < 1.29 is 13.9 Å². The first-order valence-electron chi connectivity index (χ1n) is 10.1. The van der Waals surface area contributed by atoms with Gasteiger partial charge in [0, 0.05) is 0 Å². The van der Waals surface area contributed by atoms with Crippen LogP contribution in [0.5, 0.6) is 11.5 Å². The van der Waals surface area contributed by atoms with E-state index in [1.54, 1.807) is 30.3 Å². The minimum Gasteiger partial charge on any atom is -0.489 e. The molecule has 0 radical (unpaired) electrons. The highest BCUT2D eigenvalue weighted by molar-refractivity contribution is 5.86. The van der Waals surface area contributed by atoms with Gasteiger partial charge in [0.15, 0.2) is 5.75 Å². The Labute approximate surface area is 183 Å². The number of allylic oxidation sites excluding steroid dienone is 1. The molecular weight excluding hydrogens is 404 g/mol. The number of nitrogens with zero attached hydrogens (tertiary/aromatic N) is 1. The molecule has 1 aromatic heterocycles. The lowest BCUT2D eigenvalue weighted by Gasteiger charge is -2.26. The van der Waals surface area contributed by atoms with Gasteiger partial charge in [0.2, 0.25) is 5.88 Å². The second kappa shape index (κ2) is 7.97. The van der Waals surface area contributed by atoms with Crippen LogP contribution in [0.25, 0.3) is 11.0 Å². The molecule has 1 unspecified atom stereocenters. The van der Waals surface area contributed by atoms with Crippen LogP contribution in [0.15, 0.2) is 99.5 Å². The highest BCUT2D eigenvalue weighted by Gasteiger charge is 2.35. The van der Waals surface area contributed by atoms with E-state index >= 15 is 0 Å². The van der Waals surface area contributed by atoms with Gasteiger partial charge >= 0.3 is 5.63 Å². The normalized spacial score (nSPS) is 15.0. The number of hydrogen-bond acceptors (Lipinski definition) is 6. The Hall–Kier alpha value is -4.50. The van der Waals surface area contributed by atoms with Crippen LogP contribution in [0, 0.1) is 11.3 Å². The molecule has 0 saturated carbocycles. The first kappa shape index (κ1) is 19.5. The molecule has 0 aliphatic carbocycles. The molecule has 3 aromatic carbocycles. The van der Waals surface area contributed by atoms with E-state index < -0.39 is 11.5 Å². The molecule has 0 fully saturated rings. The summed E-state index contributed by atoms with van der Waals surface area (Å²) < 4.78 is 17.1. The maximum Gasteiger partial charge on any atom is 0.344 e. The SMILES string of the molecule is N#CC1=C(N)Oc2c(c(=O)oc3ccccc23)C1c1ccc(OCc2ccccc2)cc1. The van der Waals surface area contributed by atoms with Gasteiger partial charge < -0.3 is 19.6 Å². The number of ether oxygens (including phenoxy) is 2. The van der Waals surface area contributed by atoms with Gasteiger partial charge in [-0.05, 0) is 35.4 Å². The molecule has 2 N–H and O–H groups in total. The number of fused-ring (bicyclic) bond motifs is 3. The van der Waals surface area contributed by atoms with Crippen LogP contribution in [0.2, 0.25) is 0 Å². The van der Waals surface area contributed by atoms with Gasteiger partial charge in [-0.3, -0.25) is 0 Å². The smallest absolute Gasteiger partial charge is 0.344 e. The van der Waals surface area contributed by atoms with E-state index in [4.69, 9.17) is 19.6 Å². The topological polar surface area (TPSA) is 98.5 Å². The van der Waals surface area contributed by atoms with Gasteiger partial charge in [-0.15, -0.1) is 0 Å². The van der Waals surface area contributed by atoms with Crippen molar-refractivity contribution in [3.63, 3.8) is 0 Å². The zero-order chi connectivity index (χ0) is 22.1. The van der Waals surface area contributed by atoms with Crippen molar-refractivity contribution in [2.24, 2.45) is 5.73 Å². The Kier molecular flexibility index (Phi) is 4.85. The Bertz CT molecular complexity index is 1430. The molecule has 32 heavy (non-hydrogen) atoms. The minimum atomic E-state index is -0.701. The maximum absolute atomic E-state index is 12.9. The van der Waals surface area contributed by atoms with Gasteiger partial charge in [-0.2, -0.15) is 5.26 Å². The summed E-state index contributed by atoms with van der Waals surface area (Å²) in [7, 11) is 0. The van der Waals surface area contributed by atoms with E-state index in [2.05, 4.69) is 6.07 Å². The first-order chi connectivity index (χ1) is 15.7. The molecule has 156 valence electrons. The Morgan fingerprint density at radius 2 is 1.69 bits per heavy atom. The highest BCUT2D eigenvalue weighted by atomic mass is 16.5. The van der Waals surface area contributed by atoms with E-state index in [-0.39, 0.29) is 17.0 Å². The van der Waals surface area contributed by atoms with E-state index in [9.17, 15) is 10.1 Å². The molecule has 6 heteroatoms. The summed E-state index contributed by atoms with van der Waals surface area (Å²) in [6.45, 7) is 0.437. The van der Waals surface area contributed by atoms with Crippen LogP contribution >= 0.6 is 0 Å². The molecule has 0 bridgehead atoms. The van der Waals surface area contributed by atoms with E-state index in [1.165, 1.54) is 0 Å². The van der Waals surface area contributed by atoms with Crippen molar-refractivity contribution in [3.05, 3.63) is 117 Å². The first-order valence-corrected chi connectivity index (χ1v) is 10.1. The number of hydrogen-bond donors (Lipinski definition) is 1. The molecule has 2 heterocycles. The van der Waals surface area contributed by atoms with Gasteiger partial charge in [-0.1, -0.05) is 54.6 Å².